The van der Waals surface area contributed by atoms with Crippen molar-refractivity contribution in [1.82, 2.24) is 0 Å². The Morgan fingerprint density at radius 3 is 2.88 bits per heavy atom. The van der Waals surface area contributed by atoms with Gasteiger partial charge in [-0.2, -0.15) is 0 Å². The molecule has 0 aliphatic carbocycles. The maximum atomic E-state index is 9.85. The van der Waals surface area contributed by atoms with Crippen molar-refractivity contribution in [2.24, 2.45) is 0 Å². The number of thiophene rings is 1. The van der Waals surface area contributed by atoms with Crippen LogP contribution in [-0.4, -0.2) is 4.92 Å². The summed E-state index contributed by atoms with van der Waals surface area (Å²) in [5.41, 5.74) is 0.120. The van der Waals surface area contributed by atoms with Gasteiger partial charge in [-0.25, -0.2) is 0 Å². The van der Waals surface area contributed by atoms with Crippen LogP contribution in [-0.2, 0) is 0 Å². The first-order valence-electron chi connectivity index (χ1n) is 1.89. The van der Waals surface area contributed by atoms with E-state index in [1.54, 1.807) is 0 Å². The minimum absolute atomic E-state index is 0.120. The topological polar surface area (TPSA) is 43.1 Å². The molecule has 3 nitrogen and oxygen atoms in total. The zero-order chi connectivity index (χ0) is 5.98. The summed E-state index contributed by atoms with van der Waals surface area (Å²) >= 11 is 1.20. The van der Waals surface area contributed by atoms with E-state index in [-0.39, 0.29) is 5.69 Å². The zero-order valence-electron chi connectivity index (χ0n) is 3.83. The van der Waals surface area contributed by atoms with Gasteiger partial charge in [-0.15, -0.1) is 11.3 Å². The molecule has 8 heavy (non-hydrogen) atoms. The van der Waals surface area contributed by atoms with Crippen molar-refractivity contribution in [1.29, 1.82) is 0 Å². The van der Waals surface area contributed by atoms with Crippen LogP contribution in [0.1, 0.15) is 0 Å². The standard InChI is InChI=1S/C4H2NO2S/c6-5(7)4-1-2-8-3-4/h1,3H. The van der Waals surface area contributed by atoms with E-state index in [2.05, 4.69) is 5.38 Å². The third kappa shape index (κ3) is 0.840. The first-order chi connectivity index (χ1) is 3.80. The summed E-state index contributed by atoms with van der Waals surface area (Å²) in [4.78, 5) is 9.42. The van der Waals surface area contributed by atoms with E-state index in [0.29, 0.717) is 0 Å². The van der Waals surface area contributed by atoms with Crippen molar-refractivity contribution in [2.75, 3.05) is 0 Å². The van der Waals surface area contributed by atoms with Crippen molar-refractivity contribution in [3.05, 3.63) is 26.9 Å². The smallest absolute Gasteiger partial charge is 0.258 e. The van der Waals surface area contributed by atoms with E-state index in [1.807, 2.05) is 0 Å². The Kier molecular flexibility index (Phi) is 1.26. The molecular formula is C4H2NO2S. The molecule has 4 heteroatoms. The van der Waals surface area contributed by atoms with Gasteiger partial charge in [0.05, 0.1) is 15.7 Å². The number of nitro groups is 1. The van der Waals surface area contributed by atoms with E-state index < -0.39 is 4.92 Å². The summed E-state index contributed by atoms with van der Waals surface area (Å²) in [7, 11) is 0. The molecule has 1 aromatic rings. The van der Waals surface area contributed by atoms with E-state index in [0.717, 1.165) is 0 Å². The average Bonchev–Trinajstić information content (AvgIpc) is 2.12. The predicted octanol–water partition coefficient (Wildman–Crippen LogP) is 1.46. The maximum Gasteiger partial charge on any atom is 0.280 e. The van der Waals surface area contributed by atoms with Crippen LogP contribution >= 0.6 is 11.3 Å². The third-order valence-electron chi connectivity index (χ3n) is 0.665. The van der Waals surface area contributed by atoms with Gasteiger partial charge >= 0.3 is 0 Å². The van der Waals surface area contributed by atoms with Crippen LogP contribution in [0.15, 0.2) is 11.4 Å². The highest BCUT2D eigenvalue weighted by Crippen LogP contribution is 2.12. The van der Waals surface area contributed by atoms with Crippen LogP contribution in [0.3, 0.4) is 0 Å². The Morgan fingerprint density at radius 1 is 1.88 bits per heavy atom. The predicted molar refractivity (Wildman–Crippen MR) is 29.8 cm³/mol. The SMILES string of the molecule is O=[N+]([O-])c1c[c]sc1. The Bertz CT molecular complexity index is 182. The maximum absolute atomic E-state index is 9.85. The minimum atomic E-state index is -0.438. The molecular weight excluding hydrogens is 126 g/mol. The van der Waals surface area contributed by atoms with Crippen LogP contribution in [0.4, 0.5) is 5.69 Å². The molecule has 0 aromatic carbocycles. The summed E-state index contributed by atoms with van der Waals surface area (Å²) in [5, 5.41) is 13.9. The molecule has 0 bridgehead atoms. The number of hydrogen-bond acceptors (Lipinski definition) is 3. The lowest BCUT2D eigenvalue weighted by Gasteiger charge is -1.77. The Balaban J connectivity index is 2.93. The molecule has 0 unspecified atom stereocenters. The monoisotopic (exact) mass is 128 g/mol. The average molecular weight is 128 g/mol. The molecule has 0 atom stereocenters. The molecule has 0 fully saturated rings. The molecule has 0 amide bonds. The number of hydrogen-bond donors (Lipinski definition) is 0. The fourth-order valence-electron chi connectivity index (χ4n) is 0.319. The highest BCUT2D eigenvalue weighted by Gasteiger charge is 2.01. The van der Waals surface area contributed by atoms with Gasteiger partial charge in [0, 0.05) is 6.07 Å². The highest BCUT2D eigenvalue weighted by atomic mass is 32.1. The highest BCUT2D eigenvalue weighted by molar-refractivity contribution is 7.07. The van der Waals surface area contributed by atoms with Gasteiger partial charge in [0.1, 0.15) is 0 Å². The lowest BCUT2D eigenvalue weighted by Crippen LogP contribution is -1.81. The lowest BCUT2D eigenvalue weighted by molar-refractivity contribution is -0.384. The molecule has 1 aromatic heterocycles. The third-order valence-corrected chi connectivity index (χ3v) is 1.28. The largest absolute Gasteiger partial charge is 0.280 e. The zero-order valence-corrected chi connectivity index (χ0v) is 4.64. The molecule has 0 saturated carbocycles. The van der Waals surface area contributed by atoms with Crippen LogP contribution in [0, 0.1) is 15.5 Å². The number of nitrogens with zero attached hydrogens (tertiary/aromatic N) is 1. The van der Waals surface area contributed by atoms with Crippen molar-refractivity contribution >= 4 is 17.0 Å². The molecule has 1 rings (SSSR count). The number of rotatable bonds is 1. The Hall–Kier alpha value is -0.900. The Labute approximate surface area is 49.7 Å². The van der Waals surface area contributed by atoms with Gasteiger partial charge in [-0.1, -0.05) is 0 Å². The fourth-order valence-corrected chi connectivity index (χ4v) is 0.850. The molecule has 1 radical (unpaired) electrons. The lowest BCUT2D eigenvalue weighted by atomic mass is 10.6. The normalized spacial score (nSPS) is 9.00. The molecule has 41 valence electrons. The molecule has 0 N–H and O–H groups in total. The van der Waals surface area contributed by atoms with Crippen molar-refractivity contribution in [3.63, 3.8) is 0 Å². The van der Waals surface area contributed by atoms with Gasteiger partial charge in [0.25, 0.3) is 5.69 Å². The van der Waals surface area contributed by atoms with Gasteiger partial charge in [-0.05, 0) is 0 Å². The quantitative estimate of drug-likeness (QED) is 0.424. The fraction of sp³-hybridized carbons (Fsp3) is 0. The second kappa shape index (κ2) is 1.92. The molecule has 1 heterocycles. The van der Waals surface area contributed by atoms with Crippen LogP contribution in [0.2, 0.25) is 0 Å². The van der Waals surface area contributed by atoms with Crippen molar-refractivity contribution in [3.8, 4) is 0 Å². The van der Waals surface area contributed by atoms with E-state index in [1.165, 1.54) is 22.8 Å². The summed E-state index contributed by atoms with van der Waals surface area (Å²) in [6.45, 7) is 0. The Morgan fingerprint density at radius 2 is 2.62 bits per heavy atom. The first kappa shape index (κ1) is 5.24. The van der Waals surface area contributed by atoms with E-state index >= 15 is 0 Å². The van der Waals surface area contributed by atoms with Crippen LogP contribution in [0.25, 0.3) is 0 Å². The van der Waals surface area contributed by atoms with Crippen LogP contribution in [0.5, 0.6) is 0 Å². The van der Waals surface area contributed by atoms with E-state index in [9.17, 15) is 10.1 Å². The van der Waals surface area contributed by atoms with Gasteiger partial charge in [-0.3, -0.25) is 10.1 Å². The molecule has 0 spiro atoms. The minimum Gasteiger partial charge on any atom is -0.258 e. The van der Waals surface area contributed by atoms with Gasteiger partial charge in [0.15, 0.2) is 0 Å². The van der Waals surface area contributed by atoms with Crippen molar-refractivity contribution in [2.45, 2.75) is 0 Å². The summed E-state index contributed by atoms with van der Waals surface area (Å²) < 4.78 is 0. The molecule has 0 saturated heterocycles. The van der Waals surface area contributed by atoms with Gasteiger partial charge in [0.2, 0.25) is 0 Å². The summed E-state index contributed by atoms with van der Waals surface area (Å²) in [6, 6.07) is 1.35. The van der Waals surface area contributed by atoms with Crippen molar-refractivity contribution < 1.29 is 4.92 Å². The van der Waals surface area contributed by atoms with E-state index in [4.69, 9.17) is 0 Å². The molecule has 0 aliphatic heterocycles. The summed E-state index contributed by atoms with van der Waals surface area (Å²) in [5.74, 6) is 0. The summed E-state index contributed by atoms with van der Waals surface area (Å²) in [6.07, 6.45) is 0. The second-order valence-corrected chi connectivity index (χ2v) is 1.89. The molecule has 0 aliphatic rings. The second-order valence-electron chi connectivity index (χ2n) is 1.18. The first-order valence-corrected chi connectivity index (χ1v) is 2.77. The van der Waals surface area contributed by atoms with Crippen LogP contribution < -0.4 is 0 Å². The van der Waals surface area contributed by atoms with Gasteiger partial charge < -0.3 is 0 Å².